The van der Waals surface area contributed by atoms with Gasteiger partial charge >= 0.3 is 0 Å². The van der Waals surface area contributed by atoms with Gasteiger partial charge in [0.05, 0.1) is 18.8 Å². The van der Waals surface area contributed by atoms with E-state index in [2.05, 4.69) is 41.5 Å². The molecule has 2 N–H and O–H groups in total. The van der Waals surface area contributed by atoms with Crippen molar-refractivity contribution in [2.75, 3.05) is 19.7 Å². The average Bonchev–Trinajstić information content (AvgIpc) is 3.44. The minimum atomic E-state index is -0.0488. The van der Waals surface area contributed by atoms with Crippen molar-refractivity contribution in [2.24, 2.45) is 5.92 Å². The normalized spacial score (nSPS) is 27.7. The number of benzene rings is 1. The molecule has 0 radical (unpaired) electrons. The summed E-state index contributed by atoms with van der Waals surface area (Å²) in [6.07, 6.45) is 5.92. The summed E-state index contributed by atoms with van der Waals surface area (Å²) in [6, 6.07) is 8.52. The van der Waals surface area contributed by atoms with Gasteiger partial charge in [-0.1, -0.05) is 30.3 Å². The van der Waals surface area contributed by atoms with E-state index in [0.717, 1.165) is 38.8 Å². The fourth-order valence-electron chi connectivity index (χ4n) is 4.48. The van der Waals surface area contributed by atoms with Gasteiger partial charge in [-0.15, -0.1) is 6.58 Å². The molecule has 1 aromatic rings. The van der Waals surface area contributed by atoms with Crippen LogP contribution in [0.2, 0.25) is 0 Å². The molecule has 3 aliphatic rings. The van der Waals surface area contributed by atoms with E-state index in [1.807, 2.05) is 0 Å². The van der Waals surface area contributed by atoms with Gasteiger partial charge < -0.3 is 15.4 Å². The molecular formula is C20H26N2O2. The van der Waals surface area contributed by atoms with Crippen molar-refractivity contribution in [3.05, 3.63) is 48.0 Å². The first kappa shape index (κ1) is 15.9. The lowest BCUT2D eigenvalue weighted by atomic mass is 9.72. The Morgan fingerprint density at radius 1 is 1.33 bits per heavy atom. The first-order valence-electron chi connectivity index (χ1n) is 9.09. The highest BCUT2D eigenvalue weighted by atomic mass is 16.5. The SMILES string of the molecule is C=CCO[C@@H]1[C@@H](NC(=O)C2CC2)c2ccccc2C12CCNCC2. The standard InChI is InChI=1S/C20H26N2O2/c1-2-13-24-18-17(22-19(23)14-7-8-14)15-5-3-4-6-16(15)20(18)9-11-21-12-10-20/h2-6,14,17-18,21H,1,7-13H2,(H,22,23)/t17-,18+/m0/s1. The number of piperidine rings is 1. The van der Waals surface area contributed by atoms with Gasteiger partial charge in [0, 0.05) is 11.3 Å². The Balaban J connectivity index is 1.72. The Kier molecular flexibility index (Phi) is 4.19. The van der Waals surface area contributed by atoms with Gasteiger partial charge in [0.25, 0.3) is 0 Å². The fraction of sp³-hybridized carbons (Fsp3) is 0.550. The molecule has 1 saturated heterocycles. The second-order valence-electron chi connectivity index (χ2n) is 7.30. The highest BCUT2D eigenvalue weighted by Gasteiger charge is 2.53. The third-order valence-electron chi connectivity index (χ3n) is 5.81. The smallest absolute Gasteiger partial charge is 0.223 e. The molecule has 4 nitrogen and oxygen atoms in total. The van der Waals surface area contributed by atoms with E-state index in [9.17, 15) is 4.79 Å². The maximum Gasteiger partial charge on any atom is 0.223 e. The topological polar surface area (TPSA) is 50.4 Å². The van der Waals surface area contributed by atoms with E-state index in [1.165, 1.54) is 11.1 Å². The number of carbonyl (C=O) groups is 1. The zero-order valence-electron chi connectivity index (χ0n) is 14.1. The van der Waals surface area contributed by atoms with E-state index >= 15 is 0 Å². The van der Waals surface area contributed by atoms with Crippen molar-refractivity contribution < 1.29 is 9.53 Å². The molecule has 24 heavy (non-hydrogen) atoms. The summed E-state index contributed by atoms with van der Waals surface area (Å²) in [7, 11) is 0. The number of fused-ring (bicyclic) bond motifs is 2. The van der Waals surface area contributed by atoms with Gasteiger partial charge in [-0.2, -0.15) is 0 Å². The molecule has 4 rings (SSSR count). The Bertz CT molecular complexity index is 632. The summed E-state index contributed by atoms with van der Waals surface area (Å²) in [6.45, 7) is 6.30. The lowest BCUT2D eigenvalue weighted by Gasteiger charge is -2.41. The molecule has 128 valence electrons. The molecule has 1 heterocycles. The van der Waals surface area contributed by atoms with Crippen LogP contribution in [0.1, 0.15) is 42.9 Å². The number of ether oxygens (including phenoxy) is 1. The highest BCUT2D eigenvalue weighted by molar-refractivity contribution is 5.81. The summed E-state index contributed by atoms with van der Waals surface area (Å²) >= 11 is 0. The van der Waals surface area contributed by atoms with Crippen LogP contribution in [-0.2, 0) is 14.9 Å². The van der Waals surface area contributed by atoms with Crippen molar-refractivity contribution in [3.63, 3.8) is 0 Å². The summed E-state index contributed by atoms with van der Waals surface area (Å²) in [5.74, 6) is 0.398. The largest absolute Gasteiger partial charge is 0.371 e. The van der Waals surface area contributed by atoms with Crippen molar-refractivity contribution in [1.29, 1.82) is 0 Å². The monoisotopic (exact) mass is 326 g/mol. The quantitative estimate of drug-likeness (QED) is 0.817. The van der Waals surface area contributed by atoms with Crippen LogP contribution in [0.3, 0.4) is 0 Å². The zero-order valence-corrected chi connectivity index (χ0v) is 14.1. The summed E-state index contributed by atoms with van der Waals surface area (Å²) in [4.78, 5) is 12.5. The second kappa shape index (κ2) is 6.34. The first-order chi connectivity index (χ1) is 11.8. The van der Waals surface area contributed by atoms with Crippen molar-refractivity contribution >= 4 is 5.91 Å². The van der Waals surface area contributed by atoms with Crippen LogP contribution in [0.4, 0.5) is 0 Å². The zero-order chi connectivity index (χ0) is 16.6. The third kappa shape index (κ3) is 2.58. The molecule has 0 bridgehead atoms. The molecule has 2 atom stereocenters. The maximum absolute atomic E-state index is 12.5. The minimum absolute atomic E-state index is 0.00759. The molecule has 1 spiro atoms. The van der Waals surface area contributed by atoms with Gasteiger partial charge in [0.2, 0.25) is 5.91 Å². The van der Waals surface area contributed by atoms with Crippen LogP contribution in [0.15, 0.2) is 36.9 Å². The molecule has 0 unspecified atom stereocenters. The molecule has 2 fully saturated rings. The first-order valence-corrected chi connectivity index (χ1v) is 9.09. The van der Waals surface area contributed by atoms with E-state index in [0.29, 0.717) is 6.61 Å². The highest BCUT2D eigenvalue weighted by Crippen LogP contribution is 2.51. The van der Waals surface area contributed by atoms with Crippen LogP contribution in [0, 0.1) is 5.92 Å². The molecule has 4 heteroatoms. The summed E-state index contributed by atoms with van der Waals surface area (Å²) < 4.78 is 6.28. The van der Waals surface area contributed by atoms with Crippen LogP contribution in [-0.4, -0.2) is 31.7 Å². The van der Waals surface area contributed by atoms with Crippen molar-refractivity contribution in [3.8, 4) is 0 Å². The van der Waals surface area contributed by atoms with E-state index in [1.54, 1.807) is 6.08 Å². The molecular weight excluding hydrogens is 300 g/mol. The minimum Gasteiger partial charge on any atom is -0.371 e. The lowest BCUT2D eigenvalue weighted by molar-refractivity contribution is -0.124. The predicted octanol–water partition coefficient (Wildman–Crippen LogP) is 2.46. The maximum atomic E-state index is 12.5. The van der Waals surface area contributed by atoms with E-state index in [-0.39, 0.29) is 29.4 Å². The van der Waals surface area contributed by atoms with Crippen molar-refractivity contribution in [2.45, 2.75) is 43.2 Å². The number of hydrogen-bond donors (Lipinski definition) is 2. The van der Waals surface area contributed by atoms with E-state index < -0.39 is 0 Å². The van der Waals surface area contributed by atoms with Gasteiger partial charge in [-0.05, 0) is 49.9 Å². The molecule has 1 aliphatic heterocycles. The molecule has 1 aromatic carbocycles. The number of nitrogens with one attached hydrogen (secondary N) is 2. The number of rotatable bonds is 5. The van der Waals surface area contributed by atoms with Crippen LogP contribution < -0.4 is 10.6 Å². The van der Waals surface area contributed by atoms with Crippen LogP contribution >= 0.6 is 0 Å². The fourth-order valence-corrected chi connectivity index (χ4v) is 4.48. The lowest BCUT2D eigenvalue weighted by Crippen LogP contribution is -2.50. The van der Waals surface area contributed by atoms with Crippen molar-refractivity contribution in [1.82, 2.24) is 10.6 Å². The molecule has 1 amide bonds. The number of carbonyl (C=O) groups excluding carboxylic acids is 1. The Morgan fingerprint density at radius 2 is 2.08 bits per heavy atom. The summed E-state index contributed by atoms with van der Waals surface area (Å²) in [5, 5.41) is 6.77. The summed E-state index contributed by atoms with van der Waals surface area (Å²) in [5.41, 5.74) is 2.59. The number of amides is 1. The van der Waals surface area contributed by atoms with Crippen LogP contribution in [0.25, 0.3) is 0 Å². The predicted molar refractivity (Wildman–Crippen MR) is 93.8 cm³/mol. The number of hydrogen-bond acceptors (Lipinski definition) is 3. The second-order valence-corrected chi connectivity index (χ2v) is 7.30. The molecule has 1 saturated carbocycles. The van der Waals surface area contributed by atoms with E-state index in [4.69, 9.17) is 4.74 Å². The van der Waals surface area contributed by atoms with Gasteiger partial charge in [0.15, 0.2) is 0 Å². The Morgan fingerprint density at radius 3 is 2.79 bits per heavy atom. The molecule has 0 aromatic heterocycles. The van der Waals surface area contributed by atoms with Gasteiger partial charge in [-0.25, -0.2) is 0 Å². The van der Waals surface area contributed by atoms with Gasteiger partial charge in [0.1, 0.15) is 0 Å². The average molecular weight is 326 g/mol. The Labute approximate surface area is 143 Å². The molecule has 2 aliphatic carbocycles. The van der Waals surface area contributed by atoms with Gasteiger partial charge in [-0.3, -0.25) is 4.79 Å². The Hall–Kier alpha value is -1.65. The van der Waals surface area contributed by atoms with Crippen LogP contribution in [0.5, 0.6) is 0 Å². The third-order valence-corrected chi connectivity index (χ3v) is 5.81.